The molecule has 2 aliphatic rings. The van der Waals surface area contributed by atoms with Gasteiger partial charge >= 0.3 is 0 Å². The zero-order chi connectivity index (χ0) is 17.4. The standard InChI is InChI=1S/C19H24N4O2/c1-13-17(14(2)25-21-13)9-19(24)22-8-5-16-11-23(18(16)12-22)10-15-3-6-20-7-4-15/h3-4,6-7,16,18H,5,8-12H2,1-2H3/t16-,18-/m1/s1. The highest BCUT2D eigenvalue weighted by atomic mass is 16.5. The molecule has 0 bridgehead atoms. The fourth-order valence-corrected chi connectivity index (χ4v) is 4.05. The number of rotatable bonds is 4. The third-order valence-corrected chi connectivity index (χ3v) is 5.66. The molecule has 2 atom stereocenters. The number of hydrogen-bond acceptors (Lipinski definition) is 5. The molecule has 2 saturated heterocycles. The van der Waals surface area contributed by atoms with Gasteiger partial charge in [0.2, 0.25) is 5.91 Å². The van der Waals surface area contributed by atoms with Crippen LogP contribution in [-0.2, 0) is 17.8 Å². The van der Waals surface area contributed by atoms with Crippen molar-refractivity contribution in [1.29, 1.82) is 0 Å². The monoisotopic (exact) mass is 340 g/mol. The molecule has 0 aliphatic carbocycles. The molecule has 132 valence electrons. The van der Waals surface area contributed by atoms with Gasteiger partial charge in [-0.1, -0.05) is 5.16 Å². The van der Waals surface area contributed by atoms with E-state index in [-0.39, 0.29) is 5.91 Å². The molecule has 2 aromatic heterocycles. The summed E-state index contributed by atoms with van der Waals surface area (Å²) in [5, 5.41) is 3.95. The summed E-state index contributed by atoms with van der Waals surface area (Å²) in [6, 6.07) is 4.61. The van der Waals surface area contributed by atoms with Crippen LogP contribution in [0.2, 0.25) is 0 Å². The maximum Gasteiger partial charge on any atom is 0.227 e. The maximum absolute atomic E-state index is 12.7. The average Bonchev–Trinajstić information content (AvgIpc) is 2.92. The van der Waals surface area contributed by atoms with Gasteiger partial charge in [0, 0.05) is 50.2 Å². The van der Waals surface area contributed by atoms with E-state index in [4.69, 9.17) is 4.52 Å². The van der Waals surface area contributed by atoms with Crippen LogP contribution in [0, 0.1) is 19.8 Å². The van der Waals surface area contributed by atoms with Crippen LogP contribution in [0.4, 0.5) is 0 Å². The Morgan fingerprint density at radius 3 is 2.80 bits per heavy atom. The molecule has 0 spiro atoms. The number of likely N-dealkylation sites (tertiary alicyclic amines) is 2. The van der Waals surface area contributed by atoms with Crippen LogP contribution in [0.3, 0.4) is 0 Å². The van der Waals surface area contributed by atoms with Crippen molar-refractivity contribution in [2.45, 2.75) is 39.3 Å². The minimum atomic E-state index is 0.184. The fourth-order valence-electron chi connectivity index (χ4n) is 4.05. The number of piperidine rings is 1. The molecule has 0 N–H and O–H groups in total. The summed E-state index contributed by atoms with van der Waals surface area (Å²) in [4.78, 5) is 21.3. The van der Waals surface area contributed by atoms with Crippen LogP contribution in [0.25, 0.3) is 0 Å². The lowest BCUT2D eigenvalue weighted by atomic mass is 9.82. The van der Waals surface area contributed by atoms with Gasteiger partial charge in [0.05, 0.1) is 12.1 Å². The van der Waals surface area contributed by atoms with Crippen LogP contribution < -0.4 is 0 Å². The van der Waals surface area contributed by atoms with E-state index in [0.29, 0.717) is 12.5 Å². The molecule has 2 aromatic rings. The summed E-state index contributed by atoms with van der Waals surface area (Å²) in [7, 11) is 0. The third-order valence-electron chi connectivity index (χ3n) is 5.66. The highest BCUT2D eigenvalue weighted by Crippen LogP contribution is 2.34. The molecule has 0 radical (unpaired) electrons. The molecule has 6 heteroatoms. The Morgan fingerprint density at radius 2 is 2.08 bits per heavy atom. The number of aryl methyl sites for hydroxylation is 2. The van der Waals surface area contributed by atoms with E-state index in [9.17, 15) is 4.79 Å². The Kier molecular flexibility index (Phi) is 4.29. The van der Waals surface area contributed by atoms with E-state index in [1.807, 2.05) is 31.1 Å². The minimum absolute atomic E-state index is 0.184. The van der Waals surface area contributed by atoms with Crippen molar-refractivity contribution in [3.8, 4) is 0 Å². The summed E-state index contributed by atoms with van der Waals surface area (Å²) < 4.78 is 5.18. The Hall–Kier alpha value is -2.21. The number of hydrogen-bond donors (Lipinski definition) is 0. The van der Waals surface area contributed by atoms with E-state index in [0.717, 1.165) is 55.5 Å². The van der Waals surface area contributed by atoms with Crippen molar-refractivity contribution in [2.24, 2.45) is 5.92 Å². The van der Waals surface area contributed by atoms with Crippen molar-refractivity contribution >= 4 is 5.91 Å². The quantitative estimate of drug-likeness (QED) is 0.851. The maximum atomic E-state index is 12.7. The van der Waals surface area contributed by atoms with E-state index in [1.165, 1.54) is 5.56 Å². The second-order valence-electron chi connectivity index (χ2n) is 7.22. The highest BCUT2D eigenvalue weighted by Gasteiger charge is 2.43. The van der Waals surface area contributed by atoms with E-state index >= 15 is 0 Å². The smallest absolute Gasteiger partial charge is 0.227 e. The normalized spacial score (nSPS) is 23.2. The van der Waals surface area contributed by atoms with Gasteiger partial charge in [0.25, 0.3) is 0 Å². The number of carbonyl (C=O) groups is 1. The fraction of sp³-hybridized carbons (Fsp3) is 0.526. The summed E-state index contributed by atoms with van der Waals surface area (Å²) in [5.41, 5.74) is 3.05. The first kappa shape index (κ1) is 16.3. The number of aromatic nitrogens is 2. The molecule has 2 aliphatic heterocycles. The van der Waals surface area contributed by atoms with Crippen LogP contribution in [-0.4, -0.2) is 51.5 Å². The van der Waals surface area contributed by atoms with Gasteiger partial charge < -0.3 is 9.42 Å². The molecule has 1 amide bonds. The van der Waals surface area contributed by atoms with Gasteiger partial charge in [0.1, 0.15) is 5.76 Å². The van der Waals surface area contributed by atoms with Crippen LogP contribution in [0.1, 0.15) is 29.0 Å². The van der Waals surface area contributed by atoms with Crippen molar-refractivity contribution < 1.29 is 9.32 Å². The first-order valence-corrected chi connectivity index (χ1v) is 8.94. The lowest BCUT2D eigenvalue weighted by Gasteiger charge is -2.53. The molecule has 0 aromatic carbocycles. The summed E-state index contributed by atoms with van der Waals surface area (Å²) >= 11 is 0. The van der Waals surface area contributed by atoms with E-state index in [1.54, 1.807) is 0 Å². The molecule has 25 heavy (non-hydrogen) atoms. The van der Waals surface area contributed by atoms with Gasteiger partial charge in [-0.25, -0.2) is 0 Å². The Bertz CT molecular complexity index is 739. The van der Waals surface area contributed by atoms with Gasteiger partial charge in [-0.2, -0.15) is 0 Å². The average molecular weight is 340 g/mol. The third kappa shape index (κ3) is 3.18. The van der Waals surface area contributed by atoms with Crippen molar-refractivity contribution in [3.63, 3.8) is 0 Å². The zero-order valence-corrected chi connectivity index (χ0v) is 14.8. The van der Waals surface area contributed by atoms with Crippen LogP contribution >= 0.6 is 0 Å². The molecular formula is C19H24N4O2. The van der Waals surface area contributed by atoms with Crippen LogP contribution in [0.15, 0.2) is 29.0 Å². The first-order valence-electron chi connectivity index (χ1n) is 8.94. The second-order valence-corrected chi connectivity index (χ2v) is 7.22. The highest BCUT2D eigenvalue weighted by molar-refractivity contribution is 5.79. The lowest BCUT2D eigenvalue weighted by Crippen LogP contribution is -2.64. The lowest BCUT2D eigenvalue weighted by molar-refractivity contribution is -0.137. The molecule has 0 unspecified atom stereocenters. The van der Waals surface area contributed by atoms with Crippen molar-refractivity contribution in [1.82, 2.24) is 19.9 Å². The molecule has 4 heterocycles. The molecular weight excluding hydrogens is 316 g/mol. The summed E-state index contributed by atoms with van der Waals surface area (Å²) in [6.45, 7) is 7.55. The summed E-state index contributed by atoms with van der Waals surface area (Å²) in [6.07, 6.45) is 5.17. The number of nitrogens with zero attached hydrogens (tertiary/aromatic N) is 4. The van der Waals surface area contributed by atoms with Gasteiger partial charge in [-0.05, 0) is 43.9 Å². The zero-order valence-electron chi connectivity index (χ0n) is 14.8. The molecule has 2 fully saturated rings. The molecule has 6 nitrogen and oxygen atoms in total. The van der Waals surface area contributed by atoms with Crippen LogP contribution in [0.5, 0.6) is 0 Å². The Balaban J connectivity index is 1.38. The molecule has 0 saturated carbocycles. The number of fused-ring (bicyclic) bond motifs is 1. The minimum Gasteiger partial charge on any atom is -0.361 e. The number of amides is 1. The van der Waals surface area contributed by atoms with Crippen molar-refractivity contribution in [2.75, 3.05) is 19.6 Å². The Morgan fingerprint density at radius 1 is 1.28 bits per heavy atom. The Labute approximate surface area is 147 Å². The second kappa shape index (κ2) is 6.59. The number of pyridine rings is 1. The topological polar surface area (TPSA) is 62.5 Å². The van der Waals surface area contributed by atoms with Gasteiger partial charge in [0.15, 0.2) is 0 Å². The predicted molar refractivity (Wildman–Crippen MR) is 92.8 cm³/mol. The number of carbonyl (C=O) groups excluding carboxylic acids is 1. The largest absolute Gasteiger partial charge is 0.361 e. The predicted octanol–water partition coefficient (Wildman–Crippen LogP) is 1.96. The van der Waals surface area contributed by atoms with Crippen molar-refractivity contribution in [3.05, 3.63) is 47.1 Å². The molecule has 4 rings (SSSR count). The van der Waals surface area contributed by atoms with Gasteiger partial charge in [-0.3, -0.25) is 14.7 Å². The van der Waals surface area contributed by atoms with E-state index < -0.39 is 0 Å². The SMILES string of the molecule is Cc1noc(C)c1CC(=O)N1CC[C@@H]2CN(Cc3ccncc3)[C@@H]2C1. The van der Waals surface area contributed by atoms with Gasteiger partial charge in [-0.15, -0.1) is 0 Å². The summed E-state index contributed by atoms with van der Waals surface area (Å²) in [5.74, 6) is 1.66. The first-order chi connectivity index (χ1) is 12.1. The van der Waals surface area contributed by atoms with E-state index in [2.05, 4.69) is 27.2 Å².